The molecule has 1 aromatic rings. The van der Waals surface area contributed by atoms with Crippen molar-refractivity contribution in [2.24, 2.45) is 0 Å². The number of rotatable bonds is 5. The number of nitrogens with one attached hydrogen (secondary N) is 1. The van der Waals surface area contributed by atoms with Crippen molar-refractivity contribution in [1.82, 2.24) is 5.32 Å². The van der Waals surface area contributed by atoms with Gasteiger partial charge >= 0.3 is 17.8 Å². The number of hydrogen-bond donors (Lipinski definition) is 3. The van der Waals surface area contributed by atoms with Gasteiger partial charge in [-0.2, -0.15) is 0 Å². The van der Waals surface area contributed by atoms with Crippen LogP contribution in [0.1, 0.15) is 32.4 Å². The average Bonchev–Trinajstić information content (AvgIpc) is 2.41. The molecular formula is C15H18BrNO6. The number of hydrogen-bond acceptors (Lipinski definition) is 4. The van der Waals surface area contributed by atoms with Crippen LogP contribution in [-0.4, -0.2) is 39.7 Å². The highest BCUT2D eigenvalue weighted by atomic mass is 79.9. The molecule has 0 aliphatic heterocycles. The van der Waals surface area contributed by atoms with Crippen LogP contribution in [0.5, 0.6) is 0 Å². The van der Waals surface area contributed by atoms with Crippen molar-refractivity contribution in [2.45, 2.75) is 38.5 Å². The van der Waals surface area contributed by atoms with E-state index in [-0.39, 0.29) is 0 Å². The third-order valence-electron chi connectivity index (χ3n) is 2.74. The first-order chi connectivity index (χ1) is 10.5. The van der Waals surface area contributed by atoms with E-state index in [9.17, 15) is 19.5 Å². The van der Waals surface area contributed by atoms with Crippen molar-refractivity contribution in [3.8, 4) is 0 Å². The molecule has 0 saturated carbocycles. The summed E-state index contributed by atoms with van der Waals surface area (Å²) in [6.45, 7) is 5.19. The maximum absolute atomic E-state index is 11.6. The largest absolute Gasteiger partial charge is 0.480 e. The maximum atomic E-state index is 11.6. The molecule has 3 N–H and O–H groups in total. The van der Waals surface area contributed by atoms with Gasteiger partial charge in [0.25, 0.3) is 0 Å². The van der Waals surface area contributed by atoms with E-state index in [0.717, 1.165) is 0 Å². The van der Waals surface area contributed by atoms with Gasteiger partial charge in [0, 0.05) is 4.47 Å². The van der Waals surface area contributed by atoms with Crippen LogP contribution in [0.15, 0.2) is 28.7 Å². The normalized spacial score (nSPS) is 13.9. The van der Waals surface area contributed by atoms with Crippen molar-refractivity contribution in [1.29, 1.82) is 0 Å². The van der Waals surface area contributed by atoms with Crippen molar-refractivity contribution < 1.29 is 29.3 Å². The van der Waals surface area contributed by atoms with E-state index < -0.39 is 35.6 Å². The Hall–Kier alpha value is -1.93. The Balaban J connectivity index is 3.29. The second-order valence-corrected chi connectivity index (χ2v) is 6.62. The summed E-state index contributed by atoms with van der Waals surface area (Å²) in [7, 11) is 0. The summed E-state index contributed by atoms with van der Waals surface area (Å²) >= 11 is 3.32. The molecule has 1 rings (SSSR count). The van der Waals surface area contributed by atoms with Gasteiger partial charge in [0.1, 0.15) is 6.10 Å². The van der Waals surface area contributed by atoms with Gasteiger partial charge in [-0.05, 0) is 32.4 Å². The summed E-state index contributed by atoms with van der Waals surface area (Å²) in [5.41, 5.74) is -0.234. The minimum Gasteiger partial charge on any atom is -0.480 e. The molecule has 0 aliphatic rings. The summed E-state index contributed by atoms with van der Waals surface area (Å²) in [6, 6.07) is 5.22. The van der Waals surface area contributed by atoms with Gasteiger partial charge in [0.05, 0.1) is 5.60 Å². The Morgan fingerprint density at radius 1 is 1.17 bits per heavy atom. The molecule has 0 radical (unpaired) electrons. The predicted octanol–water partition coefficient (Wildman–Crippen LogP) is 1.96. The molecular weight excluding hydrogens is 370 g/mol. The van der Waals surface area contributed by atoms with Gasteiger partial charge < -0.3 is 20.3 Å². The van der Waals surface area contributed by atoms with E-state index >= 15 is 0 Å². The van der Waals surface area contributed by atoms with Gasteiger partial charge in [0.15, 0.2) is 6.04 Å². The number of carboxylic acids is 2. The lowest BCUT2D eigenvalue weighted by atomic mass is 10.0. The van der Waals surface area contributed by atoms with Gasteiger partial charge in [-0.15, -0.1) is 0 Å². The van der Waals surface area contributed by atoms with Crippen molar-refractivity contribution in [3.63, 3.8) is 0 Å². The van der Waals surface area contributed by atoms with E-state index in [1.807, 2.05) is 5.32 Å². The molecule has 2 atom stereocenters. The maximum Gasteiger partial charge on any atom is 0.394 e. The lowest BCUT2D eigenvalue weighted by Crippen LogP contribution is -2.49. The average molecular weight is 388 g/mol. The Morgan fingerprint density at radius 2 is 1.74 bits per heavy atom. The number of amides is 1. The summed E-state index contributed by atoms with van der Waals surface area (Å²) in [4.78, 5) is 33.7. The Labute approximate surface area is 141 Å². The lowest BCUT2D eigenvalue weighted by Gasteiger charge is -2.32. The van der Waals surface area contributed by atoms with E-state index in [0.29, 0.717) is 10.0 Å². The van der Waals surface area contributed by atoms with Crippen LogP contribution in [0.3, 0.4) is 0 Å². The first kappa shape index (κ1) is 19.1. The fraction of sp³-hybridized carbons (Fsp3) is 0.400. The van der Waals surface area contributed by atoms with E-state index in [1.54, 1.807) is 45.0 Å². The number of carbonyl (C=O) groups excluding carboxylic acids is 1. The molecule has 126 valence electrons. The molecule has 8 heteroatoms. The quantitative estimate of drug-likeness (QED) is 0.665. The Kier molecular flexibility index (Phi) is 6.28. The van der Waals surface area contributed by atoms with Crippen molar-refractivity contribution >= 4 is 33.8 Å². The van der Waals surface area contributed by atoms with Gasteiger partial charge in [-0.3, -0.25) is 4.79 Å². The zero-order valence-corrected chi connectivity index (χ0v) is 14.5. The van der Waals surface area contributed by atoms with Gasteiger partial charge in [0.2, 0.25) is 0 Å². The fourth-order valence-electron chi connectivity index (χ4n) is 1.87. The Morgan fingerprint density at radius 3 is 2.17 bits per heavy atom. The molecule has 0 saturated heterocycles. The summed E-state index contributed by atoms with van der Waals surface area (Å²) < 4.78 is 6.38. The summed E-state index contributed by atoms with van der Waals surface area (Å²) in [6.07, 6.45) is -1.08. The first-order valence-electron chi connectivity index (χ1n) is 6.72. The molecule has 7 nitrogen and oxygen atoms in total. The molecule has 0 aromatic heterocycles. The number of benzene rings is 1. The standard InChI is InChI=1S/C15H18BrNO6/c1-15(2,3)23-11(8-6-4-5-7-9(8)16)10(13(19)20)17-12(18)14(21)22/h4-7,10-11H,1-3H3,(H,17,18)(H,19,20)(H,21,22). The van der Waals surface area contributed by atoms with Gasteiger partial charge in [-0.25, -0.2) is 9.59 Å². The van der Waals surface area contributed by atoms with Crippen LogP contribution < -0.4 is 5.32 Å². The first-order valence-corrected chi connectivity index (χ1v) is 7.51. The minimum absolute atomic E-state index is 0.487. The molecule has 0 fully saturated rings. The van der Waals surface area contributed by atoms with Crippen LogP contribution in [0.25, 0.3) is 0 Å². The van der Waals surface area contributed by atoms with Crippen LogP contribution in [0.4, 0.5) is 0 Å². The predicted molar refractivity (Wildman–Crippen MR) is 84.9 cm³/mol. The summed E-state index contributed by atoms with van der Waals surface area (Å²) in [5, 5.41) is 20.1. The monoisotopic (exact) mass is 387 g/mol. The van der Waals surface area contributed by atoms with E-state index in [4.69, 9.17) is 9.84 Å². The molecule has 0 bridgehead atoms. The number of aliphatic carboxylic acids is 2. The third kappa shape index (κ3) is 5.65. The lowest BCUT2D eigenvalue weighted by molar-refractivity contribution is -0.157. The van der Waals surface area contributed by atoms with E-state index in [2.05, 4.69) is 15.9 Å². The fourth-order valence-corrected chi connectivity index (χ4v) is 2.38. The number of ether oxygens (including phenoxy) is 1. The van der Waals surface area contributed by atoms with Crippen LogP contribution in [-0.2, 0) is 19.1 Å². The van der Waals surface area contributed by atoms with Gasteiger partial charge in [-0.1, -0.05) is 34.1 Å². The van der Waals surface area contributed by atoms with Crippen molar-refractivity contribution in [3.05, 3.63) is 34.3 Å². The van der Waals surface area contributed by atoms with E-state index in [1.165, 1.54) is 0 Å². The highest BCUT2D eigenvalue weighted by Crippen LogP contribution is 2.32. The second kappa shape index (κ2) is 7.56. The highest BCUT2D eigenvalue weighted by molar-refractivity contribution is 9.10. The molecule has 2 unspecified atom stereocenters. The Bertz CT molecular complexity index is 610. The topological polar surface area (TPSA) is 113 Å². The van der Waals surface area contributed by atoms with Crippen LogP contribution >= 0.6 is 15.9 Å². The van der Waals surface area contributed by atoms with Crippen molar-refractivity contribution in [2.75, 3.05) is 0 Å². The zero-order chi connectivity index (χ0) is 17.8. The SMILES string of the molecule is CC(C)(C)OC(c1ccccc1Br)C(NC(=O)C(=O)O)C(=O)O. The second-order valence-electron chi connectivity index (χ2n) is 5.77. The minimum atomic E-state index is -1.77. The number of halogens is 1. The zero-order valence-electron chi connectivity index (χ0n) is 12.9. The van der Waals surface area contributed by atoms with Crippen LogP contribution in [0, 0.1) is 0 Å². The molecule has 1 amide bonds. The smallest absolute Gasteiger partial charge is 0.394 e. The molecule has 0 heterocycles. The number of carboxylic acid groups (broad SMARTS) is 2. The molecule has 0 aliphatic carbocycles. The molecule has 23 heavy (non-hydrogen) atoms. The molecule has 1 aromatic carbocycles. The highest BCUT2D eigenvalue weighted by Gasteiger charge is 2.36. The van der Waals surface area contributed by atoms with Crippen LogP contribution in [0.2, 0.25) is 0 Å². The molecule has 0 spiro atoms. The number of carbonyl (C=O) groups is 3. The third-order valence-corrected chi connectivity index (χ3v) is 3.46. The summed E-state index contributed by atoms with van der Waals surface area (Å²) in [5.74, 6) is -4.57.